The van der Waals surface area contributed by atoms with Crippen LogP contribution in [0.2, 0.25) is 0 Å². The van der Waals surface area contributed by atoms with E-state index in [-0.39, 0.29) is 0 Å². The van der Waals surface area contributed by atoms with Gasteiger partial charge in [0.25, 0.3) is 0 Å². The Bertz CT molecular complexity index is 24.0. The summed E-state index contributed by atoms with van der Waals surface area (Å²) in [4.78, 5) is 0. The Balaban J connectivity index is 0. The van der Waals surface area contributed by atoms with Crippen LogP contribution in [0.5, 0.6) is 0 Å². The van der Waals surface area contributed by atoms with E-state index in [2.05, 4.69) is 32.8 Å². The molecule has 0 aliphatic carbocycles. The lowest BCUT2D eigenvalue weighted by Crippen LogP contribution is -1.09. The summed E-state index contributed by atoms with van der Waals surface area (Å²) in [5, 5.41) is 0. The fourth-order valence-corrected chi connectivity index (χ4v) is 0. The Labute approximate surface area is 53.8 Å². The van der Waals surface area contributed by atoms with E-state index in [1.165, 1.54) is 0 Å². The fourth-order valence-electron chi connectivity index (χ4n) is 0. The molecule has 0 amide bonds. The van der Waals surface area contributed by atoms with Crippen LogP contribution in [0.3, 0.4) is 0 Å². The van der Waals surface area contributed by atoms with Crippen LogP contribution in [0.15, 0.2) is 9.27 Å². The zero-order valence-corrected chi connectivity index (χ0v) is 7.30. The highest BCUT2D eigenvalue weighted by atomic mass is 35.6. The molecule has 0 fully saturated rings. The SMILES string of the molecule is ClN=NCl.[SiH3]Cl. The van der Waals surface area contributed by atoms with Gasteiger partial charge in [0.15, 0.2) is 0 Å². The van der Waals surface area contributed by atoms with Crippen molar-refractivity contribution in [3.8, 4) is 0 Å². The van der Waals surface area contributed by atoms with Gasteiger partial charge in [-0.15, -0.1) is 0 Å². The minimum atomic E-state index is 0.778. The third-order valence-electron chi connectivity index (χ3n) is 0.0286. The minimum Gasteiger partial charge on any atom is -0.181 e. The van der Waals surface area contributed by atoms with Gasteiger partial charge in [0.05, 0.1) is 23.6 Å². The molecule has 0 heterocycles. The monoisotopic (exact) mass is 164 g/mol. The second kappa shape index (κ2) is 17.3. The third kappa shape index (κ3) is 22.4. The molecule has 0 saturated carbocycles. The molecule has 0 radical (unpaired) electrons. The van der Waals surface area contributed by atoms with Gasteiger partial charge < -0.3 is 0 Å². The summed E-state index contributed by atoms with van der Waals surface area (Å²) in [5.74, 6) is 0. The molecular formula is H3Cl3N2Si. The Morgan fingerprint density at radius 2 is 1.17 bits per heavy atom. The van der Waals surface area contributed by atoms with Crippen molar-refractivity contribution in [2.45, 2.75) is 0 Å². The molecule has 0 aromatic rings. The highest BCUT2D eigenvalue weighted by Crippen LogP contribution is 1.80. The van der Waals surface area contributed by atoms with Crippen molar-refractivity contribution in [1.29, 1.82) is 0 Å². The average molecular weight is 165 g/mol. The van der Waals surface area contributed by atoms with E-state index >= 15 is 0 Å². The van der Waals surface area contributed by atoms with Crippen molar-refractivity contribution in [3.05, 3.63) is 0 Å². The highest BCUT2D eigenvalue weighted by molar-refractivity contribution is 6.80. The second-order valence-electron chi connectivity index (χ2n) is 0.151. The van der Waals surface area contributed by atoms with Crippen LogP contribution in [0, 0.1) is 0 Å². The molecule has 0 aromatic heterocycles. The molecule has 0 atom stereocenters. The second-order valence-corrected chi connectivity index (χ2v) is 0.454. The lowest BCUT2D eigenvalue weighted by Gasteiger charge is -1.44. The summed E-state index contributed by atoms with van der Waals surface area (Å²) in [6.07, 6.45) is 0. The summed E-state index contributed by atoms with van der Waals surface area (Å²) >= 11 is 13.8. The number of hydrogen-bond acceptors (Lipinski definition) is 2. The van der Waals surface area contributed by atoms with E-state index in [0.717, 1.165) is 9.55 Å². The molecule has 0 saturated heterocycles. The van der Waals surface area contributed by atoms with Crippen molar-refractivity contribution < 1.29 is 0 Å². The van der Waals surface area contributed by atoms with E-state index in [0.29, 0.717) is 0 Å². The van der Waals surface area contributed by atoms with Gasteiger partial charge in [-0.25, -0.2) is 0 Å². The summed E-state index contributed by atoms with van der Waals surface area (Å²) in [6, 6.07) is 0. The van der Waals surface area contributed by atoms with Gasteiger partial charge in [-0.2, -0.15) is 11.1 Å². The smallest absolute Gasteiger partial charge is 0.109 e. The van der Waals surface area contributed by atoms with Crippen molar-refractivity contribution in [2.75, 3.05) is 0 Å². The van der Waals surface area contributed by atoms with Crippen molar-refractivity contribution >= 4 is 44.2 Å². The Morgan fingerprint density at radius 3 is 1.17 bits per heavy atom. The Kier molecular flexibility index (Phi) is 28.4. The van der Waals surface area contributed by atoms with Gasteiger partial charge in [-0.3, -0.25) is 0 Å². The molecular weight excluding hydrogens is 162 g/mol. The maximum Gasteiger partial charge on any atom is 0.109 e. The van der Waals surface area contributed by atoms with Gasteiger partial charge in [0.2, 0.25) is 0 Å². The lowest BCUT2D eigenvalue weighted by molar-refractivity contribution is 1.49. The summed E-state index contributed by atoms with van der Waals surface area (Å²) < 4.78 is 5.20. The van der Waals surface area contributed by atoms with E-state index in [1.807, 2.05) is 0 Å². The summed E-state index contributed by atoms with van der Waals surface area (Å²) in [6.45, 7) is 0. The molecule has 0 spiro atoms. The largest absolute Gasteiger partial charge is 0.181 e. The van der Waals surface area contributed by atoms with Crippen LogP contribution in [0.25, 0.3) is 0 Å². The molecule has 6 heavy (non-hydrogen) atoms. The predicted octanol–water partition coefficient (Wildman–Crippen LogP) is 1.25. The maximum atomic E-state index is 4.78. The molecule has 0 aromatic carbocycles. The number of hydrogen-bond donors (Lipinski definition) is 0. The van der Waals surface area contributed by atoms with E-state index in [1.54, 1.807) is 0 Å². The molecule has 0 N–H and O–H groups in total. The number of nitrogens with zero attached hydrogens (tertiary/aromatic N) is 2. The first-order valence-corrected chi connectivity index (χ1v) is 4.62. The van der Waals surface area contributed by atoms with Crippen LogP contribution >= 0.6 is 34.6 Å². The molecule has 2 nitrogen and oxygen atoms in total. The van der Waals surface area contributed by atoms with Gasteiger partial charge in [0, 0.05) is 0 Å². The first-order chi connectivity index (χ1) is 2.91. The fraction of sp³-hybridized carbons (Fsp3) is 0. The summed E-state index contributed by atoms with van der Waals surface area (Å²) in [5.41, 5.74) is 0. The topological polar surface area (TPSA) is 24.7 Å². The van der Waals surface area contributed by atoms with Gasteiger partial charge in [-0.05, 0) is 0 Å². The lowest BCUT2D eigenvalue weighted by atomic mass is 13.3. The molecule has 0 unspecified atom stereocenters. The van der Waals surface area contributed by atoms with Crippen LogP contribution in [0.1, 0.15) is 0 Å². The molecule has 0 rings (SSSR count). The maximum absolute atomic E-state index is 4.78. The summed E-state index contributed by atoms with van der Waals surface area (Å²) in [7, 11) is 0.778. The van der Waals surface area contributed by atoms with Crippen LogP contribution in [-0.4, -0.2) is 9.55 Å². The minimum absolute atomic E-state index is 0.778. The molecule has 0 aliphatic rings. The van der Waals surface area contributed by atoms with Crippen molar-refractivity contribution in [1.82, 2.24) is 0 Å². The Morgan fingerprint density at radius 1 is 1.00 bits per heavy atom. The van der Waals surface area contributed by atoms with Crippen LogP contribution < -0.4 is 0 Å². The molecule has 6 heteroatoms. The average Bonchev–Trinajstić information content (AvgIpc) is 1.72. The van der Waals surface area contributed by atoms with E-state index < -0.39 is 0 Å². The van der Waals surface area contributed by atoms with E-state index in [9.17, 15) is 0 Å². The third-order valence-corrected chi connectivity index (χ3v) is 0.257. The van der Waals surface area contributed by atoms with E-state index in [4.69, 9.17) is 11.1 Å². The normalized spacial score (nSPS) is 7.83. The predicted molar refractivity (Wildman–Crippen MR) is 32.4 cm³/mol. The molecule has 38 valence electrons. The standard InChI is InChI=1S/Cl2N2.ClH3Si/c1-3-4-2;1-2/h;2H3. The number of halogens is 3. The Hall–Kier alpha value is 0.687. The number of rotatable bonds is 0. The van der Waals surface area contributed by atoms with Crippen LogP contribution in [-0.2, 0) is 0 Å². The zero-order chi connectivity index (χ0) is 5.41. The van der Waals surface area contributed by atoms with Gasteiger partial charge in [0.1, 0.15) is 9.55 Å². The van der Waals surface area contributed by atoms with Crippen molar-refractivity contribution in [2.24, 2.45) is 9.27 Å². The highest BCUT2D eigenvalue weighted by Gasteiger charge is 1.40. The quantitative estimate of drug-likeness (QED) is 0.293. The molecule has 0 bridgehead atoms. The first kappa shape index (κ1) is 9.84. The van der Waals surface area contributed by atoms with Crippen molar-refractivity contribution in [3.63, 3.8) is 0 Å². The van der Waals surface area contributed by atoms with Gasteiger partial charge >= 0.3 is 0 Å². The zero-order valence-electron chi connectivity index (χ0n) is 3.03. The van der Waals surface area contributed by atoms with Crippen LogP contribution in [0.4, 0.5) is 0 Å². The van der Waals surface area contributed by atoms with Gasteiger partial charge in [-0.1, -0.05) is 9.27 Å². The molecule has 0 aliphatic heterocycles. The first-order valence-electron chi connectivity index (χ1n) is 0.916.